The number of amides is 1. The van der Waals surface area contributed by atoms with Gasteiger partial charge in [-0.3, -0.25) is 15.0 Å². The summed E-state index contributed by atoms with van der Waals surface area (Å²) in [7, 11) is 0. The molecule has 160 valence electrons. The van der Waals surface area contributed by atoms with Gasteiger partial charge < -0.3 is 4.74 Å². The number of thiophene rings is 1. The van der Waals surface area contributed by atoms with E-state index in [-0.39, 0.29) is 11.7 Å². The molecule has 10 heteroatoms. The number of ether oxygens (including phenoxy) is 1. The van der Waals surface area contributed by atoms with E-state index in [9.17, 15) is 9.18 Å². The quantitative estimate of drug-likeness (QED) is 0.489. The number of morpholine rings is 1. The highest BCUT2D eigenvalue weighted by Gasteiger charge is 2.19. The maximum absolute atomic E-state index is 13.3. The molecule has 1 N–H and O–H groups in total. The number of anilines is 1. The summed E-state index contributed by atoms with van der Waals surface area (Å²) in [4.78, 5) is 21.1. The van der Waals surface area contributed by atoms with Crippen LogP contribution >= 0.6 is 22.7 Å². The lowest BCUT2D eigenvalue weighted by atomic mass is 10.3. The van der Waals surface area contributed by atoms with E-state index >= 15 is 0 Å². The number of hydrogen-bond acceptors (Lipinski definition) is 7. The SMILES string of the molecule is Cc1nn(-c2ccc(F)cc2)c2sc(C(=O)Nc3nc(CN4CCOCC4)cs3)cc12. The number of benzene rings is 1. The molecular weight excluding hydrogens is 437 g/mol. The Balaban J connectivity index is 1.33. The summed E-state index contributed by atoms with van der Waals surface area (Å²) in [6.07, 6.45) is 0. The first-order chi connectivity index (χ1) is 15.1. The lowest BCUT2D eigenvalue weighted by Crippen LogP contribution is -2.35. The number of aromatic nitrogens is 3. The number of thiazole rings is 1. The zero-order chi connectivity index (χ0) is 21.4. The Kier molecular flexibility index (Phi) is 5.53. The minimum Gasteiger partial charge on any atom is -0.379 e. The monoisotopic (exact) mass is 457 g/mol. The molecule has 1 aliphatic heterocycles. The van der Waals surface area contributed by atoms with Gasteiger partial charge in [0.2, 0.25) is 0 Å². The highest BCUT2D eigenvalue weighted by Crippen LogP contribution is 2.31. The predicted molar refractivity (Wildman–Crippen MR) is 120 cm³/mol. The molecule has 1 fully saturated rings. The number of halogens is 1. The maximum atomic E-state index is 13.3. The van der Waals surface area contributed by atoms with Crippen LogP contribution in [0.1, 0.15) is 21.1 Å². The van der Waals surface area contributed by atoms with Crippen molar-refractivity contribution in [3.05, 3.63) is 57.8 Å². The first-order valence-corrected chi connectivity index (χ1v) is 11.6. The van der Waals surface area contributed by atoms with Crippen LogP contribution in [0.2, 0.25) is 0 Å². The average molecular weight is 458 g/mol. The third-order valence-corrected chi connectivity index (χ3v) is 7.02. The first kappa shape index (κ1) is 20.3. The molecule has 1 aromatic carbocycles. The molecule has 5 rings (SSSR count). The van der Waals surface area contributed by atoms with Crippen molar-refractivity contribution in [2.24, 2.45) is 0 Å². The minimum absolute atomic E-state index is 0.196. The second kappa shape index (κ2) is 8.46. The highest BCUT2D eigenvalue weighted by molar-refractivity contribution is 7.20. The second-order valence-electron chi connectivity index (χ2n) is 7.29. The number of aryl methyl sites for hydroxylation is 1. The van der Waals surface area contributed by atoms with Crippen molar-refractivity contribution in [2.75, 3.05) is 31.6 Å². The smallest absolute Gasteiger partial charge is 0.267 e. The van der Waals surface area contributed by atoms with Gasteiger partial charge in [0.25, 0.3) is 5.91 Å². The van der Waals surface area contributed by atoms with E-state index in [0.717, 1.165) is 60.1 Å². The van der Waals surface area contributed by atoms with Gasteiger partial charge in [0, 0.05) is 30.4 Å². The van der Waals surface area contributed by atoms with Crippen LogP contribution in [0.15, 0.2) is 35.7 Å². The molecule has 0 atom stereocenters. The molecule has 1 amide bonds. The molecule has 31 heavy (non-hydrogen) atoms. The van der Waals surface area contributed by atoms with Crippen LogP contribution in [0.3, 0.4) is 0 Å². The van der Waals surface area contributed by atoms with Gasteiger partial charge in [0.05, 0.1) is 35.2 Å². The van der Waals surface area contributed by atoms with E-state index in [1.807, 2.05) is 18.4 Å². The topological polar surface area (TPSA) is 72.3 Å². The molecule has 0 radical (unpaired) electrons. The Hall–Kier alpha value is -2.66. The molecule has 0 bridgehead atoms. The van der Waals surface area contributed by atoms with Crippen LogP contribution in [0.4, 0.5) is 9.52 Å². The maximum Gasteiger partial charge on any atom is 0.267 e. The number of hydrogen-bond donors (Lipinski definition) is 1. The third-order valence-electron chi connectivity index (χ3n) is 5.10. The van der Waals surface area contributed by atoms with E-state index in [2.05, 4.69) is 20.3 Å². The summed E-state index contributed by atoms with van der Waals surface area (Å²) in [5, 5.41) is 10.9. The Bertz CT molecular complexity index is 1220. The zero-order valence-corrected chi connectivity index (χ0v) is 18.4. The Morgan fingerprint density at radius 2 is 2.03 bits per heavy atom. The van der Waals surface area contributed by atoms with Crippen molar-refractivity contribution in [2.45, 2.75) is 13.5 Å². The fraction of sp³-hybridized carbons (Fsp3) is 0.286. The number of nitrogens with zero attached hydrogens (tertiary/aromatic N) is 4. The molecule has 0 spiro atoms. The van der Waals surface area contributed by atoms with E-state index < -0.39 is 0 Å². The van der Waals surface area contributed by atoms with E-state index in [1.54, 1.807) is 16.8 Å². The Labute approximate surface area is 186 Å². The molecule has 4 aromatic rings. The number of carbonyl (C=O) groups excluding carboxylic acids is 1. The lowest BCUT2D eigenvalue weighted by molar-refractivity contribution is 0.0337. The Morgan fingerprint density at radius 1 is 1.26 bits per heavy atom. The number of fused-ring (bicyclic) bond motifs is 1. The Morgan fingerprint density at radius 3 is 2.81 bits per heavy atom. The third kappa shape index (κ3) is 4.24. The van der Waals surface area contributed by atoms with Gasteiger partial charge in [-0.25, -0.2) is 14.1 Å². The van der Waals surface area contributed by atoms with Crippen molar-refractivity contribution in [1.82, 2.24) is 19.7 Å². The van der Waals surface area contributed by atoms with Gasteiger partial charge in [-0.2, -0.15) is 5.10 Å². The van der Waals surface area contributed by atoms with Crippen LogP contribution in [0.5, 0.6) is 0 Å². The van der Waals surface area contributed by atoms with E-state index in [0.29, 0.717) is 10.0 Å². The predicted octanol–water partition coefficient (Wildman–Crippen LogP) is 4.08. The van der Waals surface area contributed by atoms with Gasteiger partial charge in [0.1, 0.15) is 10.6 Å². The second-order valence-corrected chi connectivity index (χ2v) is 9.18. The number of rotatable bonds is 5. The summed E-state index contributed by atoms with van der Waals surface area (Å²) in [5.74, 6) is -0.495. The van der Waals surface area contributed by atoms with Crippen LogP contribution in [0.25, 0.3) is 15.9 Å². The van der Waals surface area contributed by atoms with Crippen molar-refractivity contribution >= 4 is 43.9 Å². The zero-order valence-electron chi connectivity index (χ0n) is 16.8. The van der Waals surface area contributed by atoms with Crippen molar-refractivity contribution in [3.8, 4) is 5.69 Å². The summed E-state index contributed by atoms with van der Waals surface area (Å²) in [6.45, 7) is 5.93. The minimum atomic E-state index is -0.299. The van der Waals surface area contributed by atoms with Gasteiger partial charge in [-0.05, 0) is 37.3 Å². The fourth-order valence-corrected chi connectivity index (χ4v) is 5.28. The molecule has 3 aromatic heterocycles. The first-order valence-electron chi connectivity index (χ1n) is 9.88. The van der Waals surface area contributed by atoms with Gasteiger partial charge in [-0.1, -0.05) is 0 Å². The average Bonchev–Trinajstić information content (AvgIpc) is 3.47. The molecule has 0 saturated carbocycles. The highest BCUT2D eigenvalue weighted by atomic mass is 32.1. The molecule has 4 heterocycles. The largest absolute Gasteiger partial charge is 0.379 e. The number of carbonyl (C=O) groups is 1. The van der Waals surface area contributed by atoms with Crippen molar-refractivity contribution in [1.29, 1.82) is 0 Å². The van der Waals surface area contributed by atoms with Crippen LogP contribution in [-0.4, -0.2) is 51.9 Å². The molecule has 0 unspecified atom stereocenters. The van der Waals surface area contributed by atoms with Gasteiger partial charge in [0.15, 0.2) is 5.13 Å². The summed E-state index contributed by atoms with van der Waals surface area (Å²) in [5.41, 5.74) is 2.51. The van der Waals surface area contributed by atoms with Gasteiger partial charge in [-0.15, -0.1) is 22.7 Å². The van der Waals surface area contributed by atoms with Crippen molar-refractivity contribution < 1.29 is 13.9 Å². The normalized spacial score (nSPS) is 14.9. The standard InChI is InChI=1S/C21H20FN5O2S2/c1-13-17-10-18(31-20(17)27(25-13)16-4-2-14(22)3-5-16)19(28)24-21-23-15(12-30-21)11-26-6-8-29-9-7-26/h2-5,10,12H,6-9,11H2,1H3,(H,23,24,28). The number of nitrogens with one attached hydrogen (secondary N) is 1. The summed E-state index contributed by atoms with van der Waals surface area (Å²) < 4.78 is 20.4. The van der Waals surface area contributed by atoms with Crippen LogP contribution in [-0.2, 0) is 11.3 Å². The molecular formula is C21H20FN5O2S2. The van der Waals surface area contributed by atoms with E-state index in [4.69, 9.17) is 4.74 Å². The fourth-order valence-electron chi connectivity index (χ4n) is 3.50. The van der Waals surface area contributed by atoms with Crippen LogP contribution < -0.4 is 5.32 Å². The molecule has 1 aliphatic rings. The lowest BCUT2D eigenvalue weighted by Gasteiger charge is -2.25. The molecule has 7 nitrogen and oxygen atoms in total. The summed E-state index contributed by atoms with van der Waals surface area (Å²) in [6, 6.07) is 7.99. The molecule has 1 saturated heterocycles. The molecule has 0 aliphatic carbocycles. The summed E-state index contributed by atoms with van der Waals surface area (Å²) >= 11 is 2.78. The van der Waals surface area contributed by atoms with Crippen molar-refractivity contribution in [3.63, 3.8) is 0 Å². The van der Waals surface area contributed by atoms with Crippen LogP contribution in [0, 0.1) is 12.7 Å². The van der Waals surface area contributed by atoms with E-state index in [1.165, 1.54) is 34.8 Å². The van der Waals surface area contributed by atoms with Gasteiger partial charge >= 0.3 is 0 Å².